The van der Waals surface area contributed by atoms with Gasteiger partial charge in [0.2, 0.25) is 0 Å². The van der Waals surface area contributed by atoms with Crippen LogP contribution in [0.25, 0.3) is 0 Å². The van der Waals surface area contributed by atoms with Crippen LogP contribution in [0.3, 0.4) is 0 Å². The molecule has 1 aliphatic rings. The molecule has 1 aromatic heterocycles. The molecule has 0 spiro atoms. The molecule has 0 aromatic carbocycles. The zero-order chi connectivity index (χ0) is 16.8. The summed E-state index contributed by atoms with van der Waals surface area (Å²) in [4.78, 5) is 20.6. The van der Waals surface area contributed by atoms with Crippen molar-refractivity contribution in [2.75, 3.05) is 33.4 Å². The largest absolute Gasteiger partial charge is 0.395 e. The van der Waals surface area contributed by atoms with E-state index in [1.54, 1.807) is 12.0 Å². The van der Waals surface area contributed by atoms with Crippen LogP contribution < -0.4 is 5.32 Å². The van der Waals surface area contributed by atoms with Crippen LogP contribution in [0.2, 0.25) is 0 Å². The fourth-order valence-corrected chi connectivity index (χ4v) is 2.96. The third kappa shape index (κ3) is 4.63. The number of aromatic nitrogens is 3. The van der Waals surface area contributed by atoms with Gasteiger partial charge in [-0.3, -0.25) is 10.00 Å². The predicted molar refractivity (Wildman–Crippen MR) is 83.6 cm³/mol. The number of hydrogen-bond donors (Lipinski definition) is 3. The van der Waals surface area contributed by atoms with Crippen molar-refractivity contribution in [3.05, 3.63) is 11.6 Å². The van der Waals surface area contributed by atoms with Gasteiger partial charge in [0.25, 0.3) is 0 Å². The van der Waals surface area contributed by atoms with Crippen LogP contribution in [0, 0.1) is 0 Å². The van der Waals surface area contributed by atoms with E-state index in [1.807, 2.05) is 0 Å². The predicted octanol–water partition coefficient (Wildman–Crippen LogP) is -0.452. The van der Waals surface area contributed by atoms with Gasteiger partial charge in [-0.15, -0.1) is 0 Å². The number of carbonyl (C=O) groups excluding carboxylic acids is 1. The van der Waals surface area contributed by atoms with Crippen molar-refractivity contribution in [2.24, 2.45) is 0 Å². The highest BCUT2D eigenvalue weighted by Gasteiger charge is 2.31. The summed E-state index contributed by atoms with van der Waals surface area (Å²) in [6.45, 7) is 6.83. The summed E-state index contributed by atoms with van der Waals surface area (Å²) in [6.07, 6.45) is 0. The Morgan fingerprint density at radius 1 is 1.43 bits per heavy atom. The second-order valence-electron chi connectivity index (χ2n) is 5.85. The van der Waals surface area contributed by atoms with Gasteiger partial charge in [-0.05, 0) is 13.8 Å². The summed E-state index contributed by atoms with van der Waals surface area (Å²) in [5.41, 5.74) is 0. The van der Waals surface area contributed by atoms with E-state index in [-0.39, 0.29) is 24.7 Å². The molecule has 3 N–H and O–H groups in total. The van der Waals surface area contributed by atoms with Gasteiger partial charge in [0.1, 0.15) is 12.4 Å². The molecule has 0 bridgehead atoms. The van der Waals surface area contributed by atoms with Gasteiger partial charge in [0, 0.05) is 38.8 Å². The molecule has 130 valence electrons. The van der Waals surface area contributed by atoms with Gasteiger partial charge < -0.3 is 20.1 Å². The lowest BCUT2D eigenvalue weighted by atomic mass is 10.1. The number of piperazine rings is 1. The Morgan fingerprint density at radius 3 is 2.74 bits per heavy atom. The van der Waals surface area contributed by atoms with E-state index in [2.05, 4.69) is 39.2 Å². The molecular formula is C14H26N6O3. The number of H-pyrrole nitrogens is 1. The van der Waals surface area contributed by atoms with Gasteiger partial charge in [-0.1, -0.05) is 0 Å². The van der Waals surface area contributed by atoms with E-state index in [0.29, 0.717) is 44.4 Å². The maximum absolute atomic E-state index is 12.3. The van der Waals surface area contributed by atoms with E-state index in [1.165, 1.54) is 0 Å². The van der Waals surface area contributed by atoms with Gasteiger partial charge in [0.05, 0.1) is 13.2 Å². The van der Waals surface area contributed by atoms with E-state index in [4.69, 9.17) is 9.84 Å². The number of aliphatic hydroxyl groups excluding tert-OH is 1. The lowest BCUT2D eigenvalue weighted by Gasteiger charge is -2.44. The fraction of sp³-hybridized carbons (Fsp3) is 0.786. The van der Waals surface area contributed by atoms with Crippen LogP contribution in [0.4, 0.5) is 4.79 Å². The molecule has 23 heavy (non-hydrogen) atoms. The quantitative estimate of drug-likeness (QED) is 0.653. The summed E-state index contributed by atoms with van der Waals surface area (Å²) in [5, 5.41) is 18.8. The van der Waals surface area contributed by atoms with Gasteiger partial charge in [0.15, 0.2) is 5.82 Å². The lowest BCUT2D eigenvalue weighted by molar-refractivity contribution is 0.0422. The summed E-state index contributed by atoms with van der Waals surface area (Å²) in [6, 6.07) is 0.322. The number of urea groups is 1. The van der Waals surface area contributed by atoms with Gasteiger partial charge >= 0.3 is 6.03 Å². The molecule has 0 unspecified atom stereocenters. The van der Waals surface area contributed by atoms with Gasteiger partial charge in [-0.25, -0.2) is 9.78 Å². The summed E-state index contributed by atoms with van der Waals surface area (Å²) < 4.78 is 4.95. The third-order valence-corrected chi connectivity index (χ3v) is 4.01. The van der Waals surface area contributed by atoms with Crippen LogP contribution in [0.1, 0.15) is 25.5 Å². The zero-order valence-corrected chi connectivity index (χ0v) is 13.9. The molecule has 2 atom stereocenters. The molecule has 1 aliphatic heterocycles. The first-order valence-electron chi connectivity index (χ1n) is 7.83. The highest BCUT2D eigenvalue weighted by molar-refractivity contribution is 5.74. The van der Waals surface area contributed by atoms with Crippen molar-refractivity contribution < 1.29 is 14.6 Å². The smallest absolute Gasteiger partial charge is 0.317 e. The fourth-order valence-electron chi connectivity index (χ4n) is 2.96. The molecule has 2 amide bonds. The molecule has 0 radical (unpaired) electrons. The Hall–Kier alpha value is -1.71. The normalized spacial score (nSPS) is 22.3. The number of aliphatic hydroxyl groups is 1. The average Bonchev–Trinajstić information content (AvgIpc) is 2.96. The SMILES string of the molecule is COCc1n[nH]c(CNC(=O)N2C[C@@H](C)N(CCO)[C@@H](C)C2)n1. The number of methoxy groups -OCH3 is 1. The Labute approximate surface area is 136 Å². The van der Waals surface area contributed by atoms with Crippen LogP contribution in [-0.4, -0.2) is 81.6 Å². The molecule has 9 nitrogen and oxygen atoms in total. The number of hydrogen-bond acceptors (Lipinski definition) is 6. The minimum Gasteiger partial charge on any atom is -0.395 e. The van der Waals surface area contributed by atoms with Crippen molar-refractivity contribution >= 4 is 6.03 Å². The van der Waals surface area contributed by atoms with Crippen LogP contribution in [-0.2, 0) is 17.9 Å². The number of rotatable bonds is 6. The summed E-state index contributed by atoms with van der Waals surface area (Å²) >= 11 is 0. The van der Waals surface area contributed by atoms with Crippen molar-refractivity contribution in [1.29, 1.82) is 0 Å². The molecule has 2 rings (SSSR count). The first-order chi connectivity index (χ1) is 11.0. The molecule has 1 saturated heterocycles. The monoisotopic (exact) mass is 326 g/mol. The Morgan fingerprint density at radius 2 is 2.13 bits per heavy atom. The maximum Gasteiger partial charge on any atom is 0.317 e. The number of nitrogens with zero attached hydrogens (tertiary/aromatic N) is 4. The van der Waals surface area contributed by atoms with Crippen molar-refractivity contribution in [1.82, 2.24) is 30.3 Å². The number of β-amino-alcohol motifs (C(OH)–C–C–N with tert-alkyl or cyclic N) is 1. The molecule has 0 aliphatic carbocycles. The number of carbonyl (C=O) groups is 1. The third-order valence-electron chi connectivity index (χ3n) is 4.01. The molecule has 1 aromatic rings. The molecule has 2 heterocycles. The topological polar surface area (TPSA) is 107 Å². The highest BCUT2D eigenvalue weighted by Crippen LogP contribution is 2.15. The molecular weight excluding hydrogens is 300 g/mol. The minimum absolute atomic E-state index is 0.114. The number of ether oxygens (including phenoxy) is 1. The second-order valence-corrected chi connectivity index (χ2v) is 5.85. The maximum atomic E-state index is 12.3. The second kappa shape index (κ2) is 8.23. The number of aromatic amines is 1. The van der Waals surface area contributed by atoms with Crippen molar-refractivity contribution in [3.8, 4) is 0 Å². The molecule has 1 fully saturated rings. The van der Waals surface area contributed by atoms with Crippen molar-refractivity contribution in [3.63, 3.8) is 0 Å². The minimum atomic E-state index is -0.114. The first-order valence-corrected chi connectivity index (χ1v) is 7.83. The van der Waals surface area contributed by atoms with E-state index >= 15 is 0 Å². The Kier molecular flexibility index (Phi) is 6.31. The van der Waals surface area contributed by atoms with Crippen molar-refractivity contribution in [2.45, 2.75) is 39.1 Å². The summed E-state index contributed by atoms with van der Waals surface area (Å²) in [5.74, 6) is 1.17. The Bertz CT molecular complexity index is 496. The zero-order valence-electron chi connectivity index (χ0n) is 13.9. The number of nitrogens with one attached hydrogen (secondary N) is 2. The summed E-state index contributed by atoms with van der Waals surface area (Å²) in [7, 11) is 1.58. The molecule has 9 heteroatoms. The Balaban J connectivity index is 1.83. The average molecular weight is 326 g/mol. The molecule has 0 saturated carbocycles. The highest BCUT2D eigenvalue weighted by atomic mass is 16.5. The van der Waals surface area contributed by atoms with Crippen LogP contribution >= 0.6 is 0 Å². The first kappa shape index (κ1) is 17.6. The van der Waals surface area contributed by atoms with E-state index < -0.39 is 0 Å². The standard InChI is InChI=1S/C14H26N6O3/c1-10-7-19(8-11(2)20(10)4-5-21)14(22)15-6-12-16-13(9-23-3)18-17-12/h10-11,21H,4-9H2,1-3H3,(H,15,22)(H,16,17,18)/t10-,11+. The van der Waals surface area contributed by atoms with E-state index in [0.717, 1.165) is 0 Å². The number of amides is 2. The lowest BCUT2D eigenvalue weighted by Crippen LogP contribution is -2.60. The van der Waals surface area contributed by atoms with E-state index in [9.17, 15) is 4.79 Å². The van der Waals surface area contributed by atoms with Gasteiger partial charge in [-0.2, -0.15) is 5.10 Å². The van der Waals surface area contributed by atoms with Crippen LogP contribution in [0.15, 0.2) is 0 Å². The van der Waals surface area contributed by atoms with Crippen LogP contribution in [0.5, 0.6) is 0 Å².